The Morgan fingerprint density at radius 2 is 1.64 bits per heavy atom. The van der Waals surface area contributed by atoms with Gasteiger partial charge in [0.15, 0.2) is 5.65 Å². The first-order valence-electron chi connectivity index (χ1n) is 11.8. The zero-order valence-electron chi connectivity index (χ0n) is 19.1. The van der Waals surface area contributed by atoms with E-state index in [0.29, 0.717) is 18.4 Å². The summed E-state index contributed by atoms with van der Waals surface area (Å²) >= 11 is 0. The molecule has 33 heavy (non-hydrogen) atoms. The Hall–Kier alpha value is -3.54. The van der Waals surface area contributed by atoms with Gasteiger partial charge in [0, 0.05) is 17.4 Å². The Bertz CT molecular complexity index is 1480. The minimum absolute atomic E-state index is 0.365. The number of hydrogen-bond donors (Lipinski definition) is 0. The smallest absolute Gasteiger partial charge is 0.215 e. The van der Waals surface area contributed by atoms with Crippen molar-refractivity contribution in [2.75, 3.05) is 0 Å². The average Bonchev–Trinajstić information content (AvgIpc) is 3.21. The lowest BCUT2D eigenvalue weighted by Gasteiger charge is -2.21. The van der Waals surface area contributed by atoms with E-state index in [1.54, 1.807) is 0 Å². The second-order valence-electron chi connectivity index (χ2n) is 9.05. The Morgan fingerprint density at radius 3 is 2.52 bits per heavy atom. The van der Waals surface area contributed by atoms with Crippen LogP contribution in [0.2, 0.25) is 0 Å². The van der Waals surface area contributed by atoms with Crippen LogP contribution in [0.3, 0.4) is 0 Å². The number of ether oxygens (including phenoxy) is 1. The fourth-order valence-electron chi connectivity index (χ4n) is 5.15. The molecule has 0 radical (unpaired) electrons. The number of para-hydroxylation sites is 1. The van der Waals surface area contributed by atoms with Crippen LogP contribution < -0.4 is 4.74 Å². The van der Waals surface area contributed by atoms with E-state index < -0.39 is 0 Å². The molecule has 0 unspecified atom stereocenters. The summed E-state index contributed by atoms with van der Waals surface area (Å²) in [6.07, 6.45) is 6.22. The molecule has 4 aromatic heterocycles. The van der Waals surface area contributed by atoms with Crippen molar-refractivity contribution in [2.45, 2.75) is 58.5 Å². The first-order chi connectivity index (χ1) is 16.2. The minimum Gasteiger partial charge on any atom is -0.471 e. The summed E-state index contributed by atoms with van der Waals surface area (Å²) in [4.78, 5) is 19.4. The molecule has 0 bridgehead atoms. The molecule has 5 aromatic rings. The highest BCUT2D eigenvalue weighted by Gasteiger charge is 2.24. The van der Waals surface area contributed by atoms with Crippen molar-refractivity contribution in [2.24, 2.45) is 0 Å². The van der Waals surface area contributed by atoms with Crippen LogP contribution in [0, 0.1) is 13.8 Å². The van der Waals surface area contributed by atoms with Gasteiger partial charge in [0.05, 0.1) is 28.1 Å². The van der Waals surface area contributed by atoms with Gasteiger partial charge < -0.3 is 4.74 Å². The van der Waals surface area contributed by atoms with Crippen molar-refractivity contribution >= 4 is 27.6 Å². The molecular weight excluding hydrogens is 410 g/mol. The molecule has 166 valence electrons. The van der Waals surface area contributed by atoms with Gasteiger partial charge >= 0.3 is 0 Å². The largest absolute Gasteiger partial charge is 0.471 e. The van der Waals surface area contributed by atoms with Crippen LogP contribution in [0.1, 0.15) is 60.9 Å². The highest BCUT2D eigenvalue weighted by Crippen LogP contribution is 2.35. The van der Waals surface area contributed by atoms with Crippen LogP contribution in [-0.4, -0.2) is 24.3 Å². The summed E-state index contributed by atoms with van der Waals surface area (Å²) in [5.74, 6) is 2.17. The zero-order chi connectivity index (χ0) is 22.4. The molecule has 1 aromatic carbocycles. The molecule has 4 heterocycles. The lowest BCUT2D eigenvalue weighted by molar-refractivity contribution is 0.290. The van der Waals surface area contributed by atoms with E-state index >= 15 is 0 Å². The van der Waals surface area contributed by atoms with Gasteiger partial charge in [0.1, 0.15) is 17.9 Å². The van der Waals surface area contributed by atoms with Crippen molar-refractivity contribution < 1.29 is 4.74 Å². The van der Waals surface area contributed by atoms with Gasteiger partial charge in [-0.25, -0.2) is 15.0 Å². The van der Waals surface area contributed by atoms with Gasteiger partial charge in [-0.05, 0) is 44.9 Å². The molecule has 6 heteroatoms. The third-order valence-electron chi connectivity index (χ3n) is 6.74. The van der Waals surface area contributed by atoms with E-state index in [-0.39, 0.29) is 0 Å². The van der Waals surface area contributed by atoms with Gasteiger partial charge in [-0.15, -0.1) is 0 Å². The molecule has 0 amide bonds. The molecule has 0 spiro atoms. The van der Waals surface area contributed by atoms with E-state index in [2.05, 4.69) is 30.4 Å². The fraction of sp³-hybridized carbons (Fsp3) is 0.333. The summed E-state index contributed by atoms with van der Waals surface area (Å²) < 4.78 is 8.33. The Morgan fingerprint density at radius 1 is 0.818 bits per heavy atom. The maximum Gasteiger partial charge on any atom is 0.215 e. The standard InChI is InChI=1S/C27H27N5O/c1-17-25-18(2)29-26(20-9-4-3-5-10-20)32(25)27-23(28-17)14-15-24(31-27)33-16-21-13-12-19-8-6-7-11-22(19)30-21/h6-8,11-15,20H,3-5,9-10,16H2,1-2H3. The Labute approximate surface area is 192 Å². The summed E-state index contributed by atoms with van der Waals surface area (Å²) in [6.45, 7) is 4.50. The first-order valence-corrected chi connectivity index (χ1v) is 11.8. The van der Waals surface area contributed by atoms with E-state index in [1.165, 1.54) is 32.1 Å². The predicted molar refractivity (Wildman–Crippen MR) is 130 cm³/mol. The number of hydrogen-bond acceptors (Lipinski definition) is 5. The topological polar surface area (TPSA) is 65.2 Å². The number of nitrogens with zero attached hydrogens (tertiary/aromatic N) is 5. The maximum atomic E-state index is 6.09. The third-order valence-corrected chi connectivity index (χ3v) is 6.74. The number of benzene rings is 1. The molecule has 0 N–H and O–H groups in total. The van der Waals surface area contributed by atoms with E-state index in [9.17, 15) is 0 Å². The van der Waals surface area contributed by atoms with Gasteiger partial charge in [0.2, 0.25) is 5.88 Å². The normalized spacial score (nSPS) is 15.0. The molecule has 0 aliphatic heterocycles. The van der Waals surface area contributed by atoms with Crippen molar-refractivity contribution in [1.29, 1.82) is 0 Å². The average molecular weight is 438 g/mol. The summed E-state index contributed by atoms with van der Waals surface area (Å²) in [7, 11) is 0. The van der Waals surface area contributed by atoms with Crippen LogP contribution in [-0.2, 0) is 6.61 Å². The van der Waals surface area contributed by atoms with Crippen LogP contribution in [0.5, 0.6) is 5.88 Å². The van der Waals surface area contributed by atoms with Crippen molar-refractivity contribution in [3.63, 3.8) is 0 Å². The molecular formula is C27H27N5O. The number of aryl methyl sites for hydroxylation is 2. The van der Waals surface area contributed by atoms with Crippen molar-refractivity contribution in [3.05, 3.63) is 71.4 Å². The molecule has 1 aliphatic carbocycles. The van der Waals surface area contributed by atoms with Crippen LogP contribution in [0.25, 0.3) is 27.6 Å². The quantitative estimate of drug-likeness (QED) is 0.341. The van der Waals surface area contributed by atoms with Gasteiger partial charge in [-0.3, -0.25) is 4.40 Å². The minimum atomic E-state index is 0.365. The summed E-state index contributed by atoms with van der Waals surface area (Å²) in [6, 6.07) is 16.1. The summed E-state index contributed by atoms with van der Waals surface area (Å²) in [5, 5.41) is 1.12. The number of imidazole rings is 1. The van der Waals surface area contributed by atoms with Gasteiger partial charge in [-0.1, -0.05) is 43.5 Å². The lowest BCUT2D eigenvalue weighted by atomic mass is 9.89. The van der Waals surface area contributed by atoms with Crippen molar-refractivity contribution in [1.82, 2.24) is 24.3 Å². The molecule has 1 aliphatic rings. The predicted octanol–water partition coefficient (Wildman–Crippen LogP) is 6.07. The first kappa shape index (κ1) is 20.1. The molecule has 6 nitrogen and oxygen atoms in total. The molecule has 1 saturated carbocycles. The summed E-state index contributed by atoms with van der Waals surface area (Å²) in [5.41, 5.74) is 6.62. The van der Waals surface area contributed by atoms with Crippen LogP contribution in [0.15, 0.2) is 48.5 Å². The maximum absolute atomic E-state index is 6.09. The number of fused-ring (bicyclic) bond motifs is 4. The second-order valence-corrected chi connectivity index (χ2v) is 9.05. The molecule has 6 rings (SSSR count). The van der Waals surface area contributed by atoms with E-state index in [0.717, 1.165) is 50.5 Å². The highest BCUT2D eigenvalue weighted by atomic mass is 16.5. The number of pyridine rings is 2. The fourth-order valence-corrected chi connectivity index (χ4v) is 5.15. The third kappa shape index (κ3) is 3.59. The Kier molecular flexibility index (Phi) is 4.93. The SMILES string of the molecule is Cc1nc(C2CCCCC2)n2c1c(C)nc1ccc(OCc3ccc4ccccc4n3)nc12. The Balaban J connectivity index is 1.39. The second kappa shape index (κ2) is 8.10. The van der Waals surface area contributed by atoms with Crippen LogP contribution >= 0.6 is 0 Å². The molecule has 1 fully saturated rings. The highest BCUT2D eigenvalue weighted by molar-refractivity contribution is 5.79. The zero-order valence-corrected chi connectivity index (χ0v) is 19.1. The molecule has 0 saturated heterocycles. The van der Waals surface area contributed by atoms with Crippen molar-refractivity contribution in [3.8, 4) is 5.88 Å². The van der Waals surface area contributed by atoms with Gasteiger partial charge in [0.25, 0.3) is 0 Å². The number of rotatable bonds is 4. The van der Waals surface area contributed by atoms with Crippen LogP contribution in [0.4, 0.5) is 0 Å². The molecule has 0 atom stereocenters. The van der Waals surface area contributed by atoms with E-state index in [4.69, 9.17) is 24.7 Å². The van der Waals surface area contributed by atoms with Gasteiger partial charge in [-0.2, -0.15) is 4.98 Å². The monoisotopic (exact) mass is 437 g/mol. The lowest BCUT2D eigenvalue weighted by Crippen LogP contribution is -2.10. The van der Waals surface area contributed by atoms with E-state index in [1.807, 2.05) is 36.4 Å². The number of aromatic nitrogens is 5.